The molecule has 2 saturated heterocycles. The molecule has 8 atom stereocenters. The number of methoxy groups -OCH3 is 1. The fourth-order valence-electron chi connectivity index (χ4n) is 8.18. The van der Waals surface area contributed by atoms with Gasteiger partial charge in [-0.3, -0.25) is 4.79 Å². The van der Waals surface area contributed by atoms with Crippen molar-refractivity contribution in [3.63, 3.8) is 0 Å². The molecule has 0 radical (unpaired) electrons. The number of fused-ring (bicyclic) bond motifs is 2. The number of hydrogen-bond donors (Lipinski definition) is 0. The van der Waals surface area contributed by atoms with Crippen molar-refractivity contribution in [1.82, 2.24) is 0 Å². The molecule has 2 aliphatic heterocycles. The Bertz CT molecular complexity index is 661. The van der Waals surface area contributed by atoms with E-state index < -0.39 is 5.60 Å². The van der Waals surface area contributed by atoms with Gasteiger partial charge in [0, 0.05) is 11.3 Å². The molecule has 5 heteroatoms. The van der Waals surface area contributed by atoms with Gasteiger partial charge in [0.1, 0.15) is 6.10 Å². The van der Waals surface area contributed by atoms with Crippen molar-refractivity contribution in [2.45, 2.75) is 70.5 Å². The minimum absolute atomic E-state index is 0.0949. The summed E-state index contributed by atoms with van der Waals surface area (Å²) in [7, 11) is 1.43. The van der Waals surface area contributed by atoms with Crippen LogP contribution in [0.1, 0.15) is 58.8 Å². The summed E-state index contributed by atoms with van der Waals surface area (Å²) in [5.41, 5.74) is -0.888. The molecule has 0 amide bonds. The van der Waals surface area contributed by atoms with Crippen LogP contribution < -0.4 is 0 Å². The van der Waals surface area contributed by atoms with E-state index in [0.717, 1.165) is 12.8 Å². The van der Waals surface area contributed by atoms with Gasteiger partial charge in [-0.05, 0) is 48.9 Å². The summed E-state index contributed by atoms with van der Waals surface area (Å²) in [6.07, 6.45) is 6.55. The molecule has 0 N–H and O–H groups in total. The van der Waals surface area contributed by atoms with Gasteiger partial charge in [0.15, 0.2) is 5.60 Å². The zero-order chi connectivity index (χ0) is 18.3. The van der Waals surface area contributed by atoms with E-state index >= 15 is 0 Å². The fourth-order valence-corrected chi connectivity index (χ4v) is 8.18. The van der Waals surface area contributed by atoms with Crippen LogP contribution in [0.15, 0.2) is 0 Å². The molecule has 3 aliphatic carbocycles. The van der Waals surface area contributed by atoms with Crippen molar-refractivity contribution < 1.29 is 23.8 Å². The van der Waals surface area contributed by atoms with Crippen molar-refractivity contribution in [1.29, 1.82) is 0 Å². The van der Waals surface area contributed by atoms with Crippen LogP contribution in [0.3, 0.4) is 0 Å². The summed E-state index contributed by atoms with van der Waals surface area (Å²) in [6, 6.07) is 0. The van der Waals surface area contributed by atoms with Gasteiger partial charge in [0.2, 0.25) is 0 Å². The highest BCUT2D eigenvalue weighted by Crippen LogP contribution is 2.72. The second kappa shape index (κ2) is 5.24. The third-order valence-corrected chi connectivity index (χ3v) is 9.19. The van der Waals surface area contributed by atoms with Gasteiger partial charge in [-0.25, -0.2) is 4.79 Å². The van der Waals surface area contributed by atoms with E-state index in [4.69, 9.17) is 14.2 Å². The Morgan fingerprint density at radius 3 is 2.81 bits per heavy atom. The largest absolute Gasteiger partial charge is 0.467 e. The molecule has 5 fully saturated rings. The number of carbonyl (C=O) groups excluding carboxylic acids is 2. The van der Waals surface area contributed by atoms with Crippen LogP contribution in [0.5, 0.6) is 0 Å². The highest BCUT2D eigenvalue weighted by atomic mass is 16.6. The molecule has 5 nitrogen and oxygen atoms in total. The maximum atomic E-state index is 12.7. The lowest BCUT2D eigenvalue weighted by Crippen LogP contribution is -2.68. The fraction of sp³-hybridized carbons (Fsp3) is 0.905. The molecule has 0 aromatic heterocycles. The monoisotopic (exact) mass is 362 g/mol. The summed E-state index contributed by atoms with van der Waals surface area (Å²) in [5, 5.41) is 0. The lowest BCUT2D eigenvalue weighted by molar-refractivity contribution is -0.237. The lowest BCUT2D eigenvalue weighted by atomic mass is 9.39. The van der Waals surface area contributed by atoms with Gasteiger partial charge in [0.05, 0.1) is 20.1 Å². The van der Waals surface area contributed by atoms with Crippen LogP contribution in [-0.2, 0) is 23.8 Å². The van der Waals surface area contributed by atoms with Gasteiger partial charge < -0.3 is 14.2 Å². The molecule has 0 aromatic rings. The molecule has 5 unspecified atom stereocenters. The maximum Gasteiger partial charge on any atom is 0.338 e. The third kappa shape index (κ3) is 1.76. The third-order valence-electron chi connectivity index (χ3n) is 9.19. The molecule has 5 rings (SSSR count). The highest BCUT2D eigenvalue weighted by Gasteiger charge is 2.77. The molecular formula is C21H30O5. The predicted octanol–water partition coefficient (Wildman–Crippen LogP) is 3.10. The average Bonchev–Trinajstić information content (AvgIpc) is 2.82. The summed E-state index contributed by atoms with van der Waals surface area (Å²) in [4.78, 5) is 25.2. The van der Waals surface area contributed by atoms with Crippen LogP contribution in [0.25, 0.3) is 0 Å². The first-order valence-electron chi connectivity index (χ1n) is 10.3. The van der Waals surface area contributed by atoms with Gasteiger partial charge >= 0.3 is 11.9 Å². The summed E-state index contributed by atoms with van der Waals surface area (Å²) >= 11 is 0. The zero-order valence-electron chi connectivity index (χ0n) is 16.1. The summed E-state index contributed by atoms with van der Waals surface area (Å²) < 4.78 is 17.4. The topological polar surface area (TPSA) is 61.8 Å². The SMILES string of the molecule is COC(=O)[C@@]12CCC3[C@@]4(C)CCCC(C)C4CC4OC(=O)CC1[C@]43CO2. The van der Waals surface area contributed by atoms with Crippen LogP contribution in [0.4, 0.5) is 0 Å². The molecule has 3 saturated carbocycles. The Kier molecular flexibility index (Phi) is 3.43. The zero-order valence-corrected chi connectivity index (χ0v) is 16.1. The van der Waals surface area contributed by atoms with Crippen molar-refractivity contribution >= 4 is 11.9 Å². The first kappa shape index (κ1) is 17.0. The van der Waals surface area contributed by atoms with E-state index in [1.165, 1.54) is 26.4 Å². The standard InChI is InChI=1S/C21H30O5/c1-12-5-4-7-19(2)13(12)9-16-20-11-25-21(18(23)24-3,8-6-14(19)20)15(20)10-17(22)26-16/h12-16H,4-11H2,1-3H3/t12?,13?,14?,15?,16?,19-,20+,21+/m0/s1. The normalized spacial score (nSPS) is 54.7. The van der Waals surface area contributed by atoms with Crippen molar-refractivity contribution in [2.24, 2.45) is 34.5 Å². The number of hydrogen-bond acceptors (Lipinski definition) is 5. The van der Waals surface area contributed by atoms with Crippen molar-refractivity contribution in [2.75, 3.05) is 13.7 Å². The van der Waals surface area contributed by atoms with Gasteiger partial charge in [-0.1, -0.05) is 26.7 Å². The molecule has 0 aromatic carbocycles. The summed E-state index contributed by atoms with van der Waals surface area (Å²) in [5.74, 6) is 1.16. The second-order valence-corrected chi connectivity index (χ2v) is 9.83. The second-order valence-electron chi connectivity index (χ2n) is 9.83. The Morgan fingerprint density at radius 1 is 1.23 bits per heavy atom. The summed E-state index contributed by atoms with van der Waals surface area (Å²) in [6.45, 7) is 5.38. The van der Waals surface area contributed by atoms with Gasteiger partial charge in [0.25, 0.3) is 0 Å². The Hall–Kier alpha value is -1.10. The number of ether oxygens (including phenoxy) is 3. The van der Waals surface area contributed by atoms with Crippen LogP contribution in [-0.4, -0.2) is 37.4 Å². The van der Waals surface area contributed by atoms with Crippen molar-refractivity contribution in [3.8, 4) is 0 Å². The van der Waals surface area contributed by atoms with Crippen molar-refractivity contribution in [3.05, 3.63) is 0 Å². The van der Waals surface area contributed by atoms with E-state index in [1.807, 2.05) is 0 Å². The average molecular weight is 362 g/mol. The Balaban J connectivity index is 1.64. The van der Waals surface area contributed by atoms with E-state index in [2.05, 4.69) is 13.8 Å². The Morgan fingerprint density at radius 2 is 2.04 bits per heavy atom. The molecule has 5 aliphatic rings. The molecule has 26 heavy (non-hydrogen) atoms. The van der Waals surface area contributed by atoms with Gasteiger partial charge in [-0.15, -0.1) is 0 Å². The number of carbonyl (C=O) groups is 2. The van der Waals surface area contributed by atoms with E-state index in [1.54, 1.807) is 0 Å². The number of rotatable bonds is 1. The first-order valence-corrected chi connectivity index (χ1v) is 10.3. The van der Waals surface area contributed by atoms with E-state index in [-0.39, 0.29) is 34.8 Å². The smallest absolute Gasteiger partial charge is 0.338 e. The maximum absolute atomic E-state index is 12.7. The quantitative estimate of drug-likeness (QED) is 0.671. The molecule has 144 valence electrons. The van der Waals surface area contributed by atoms with Crippen LogP contribution >= 0.6 is 0 Å². The van der Waals surface area contributed by atoms with E-state index in [0.29, 0.717) is 37.2 Å². The highest BCUT2D eigenvalue weighted by molar-refractivity contribution is 5.83. The lowest BCUT2D eigenvalue weighted by Gasteiger charge is -2.66. The first-order chi connectivity index (χ1) is 12.4. The molecular weight excluding hydrogens is 332 g/mol. The predicted molar refractivity (Wildman–Crippen MR) is 93.1 cm³/mol. The minimum atomic E-state index is -0.938. The van der Waals surface area contributed by atoms with Crippen LogP contribution in [0.2, 0.25) is 0 Å². The van der Waals surface area contributed by atoms with Crippen LogP contribution in [0, 0.1) is 34.5 Å². The number of esters is 2. The minimum Gasteiger partial charge on any atom is -0.467 e. The van der Waals surface area contributed by atoms with E-state index in [9.17, 15) is 9.59 Å². The molecule has 2 heterocycles. The Labute approximate surface area is 155 Å². The molecule has 2 bridgehead atoms. The van der Waals surface area contributed by atoms with Gasteiger partial charge in [-0.2, -0.15) is 0 Å². The molecule has 1 spiro atoms.